The first-order chi connectivity index (χ1) is 9.44. The lowest BCUT2D eigenvalue weighted by Crippen LogP contribution is -2.48. The van der Waals surface area contributed by atoms with Gasteiger partial charge in [-0.05, 0) is 40.0 Å². The molecule has 0 unspecified atom stereocenters. The molecule has 0 aliphatic carbocycles. The number of rotatable bonds is 3. The van der Waals surface area contributed by atoms with Crippen molar-refractivity contribution in [2.24, 2.45) is 0 Å². The third kappa shape index (κ3) is 2.93. The van der Waals surface area contributed by atoms with Gasteiger partial charge < -0.3 is 15.0 Å². The number of carbonyl (C=O) groups excluding carboxylic acids is 1. The minimum absolute atomic E-state index is 0.0214. The maximum absolute atomic E-state index is 12.2. The highest BCUT2D eigenvalue weighted by atomic mass is 16.5. The number of amides is 1. The molecule has 1 saturated heterocycles. The second-order valence-corrected chi connectivity index (χ2v) is 5.62. The molecule has 0 saturated carbocycles. The van der Waals surface area contributed by atoms with E-state index in [1.54, 1.807) is 20.0 Å². The Morgan fingerprint density at radius 1 is 1.45 bits per heavy atom. The van der Waals surface area contributed by atoms with Crippen LogP contribution < -0.4 is 10.7 Å². The van der Waals surface area contributed by atoms with E-state index >= 15 is 0 Å². The van der Waals surface area contributed by atoms with Crippen molar-refractivity contribution in [3.05, 3.63) is 33.2 Å². The summed E-state index contributed by atoms with van der Waals surface area (Å²) in [4.78, 5) is 27.1. The highest BCUT2D eigenvalue weighted by Crippen LogP contribution is 2.24. The van der Waals surface area contributed by atoms with Gasteiger partial charge in [-0.2, -0.15) is 0 Å². The zero-order chi connectivity index (χ0) is 14.8. The standard InChI is InChI=1S/C15H22N2O3/c1-10-8-16-12(11(2)13(10)18)9-17-14(19)15(3)6-4-5-7-20-15/h8H,4-7,9H2,1-3H3,(H,16,18)(H,17,19)/t15-/m1/s1. The molecule has 110 valence electrons. The van der Waals surface area contributed by atoms with Gasteiger partial charge >= 0.3 is 0 Å². The average molecular weight is 278 g/mol. The maximum atomic E-state index is 12.2. The Balaban J connectivity index is 2.04. The molecule has 0 spiro atoms. The van der Waals surface area contributed by atoms with E-state index in [2.05, 4.69) is 10.3 Å². The van der Waals surface area contributed by atoms with Gasteiger partial charge in [-0.3, -0.25) is 9.59 Å². The molecule has 5 heteroatoms. The molecule has 1 aliphatic rings. The van der Waals surface area contributed by atoms with Gasteiger partial charge in [-0.15, -0.1) is 0 Å². The molecule has 1 aromatic rings. The molecule has 1 fully saturated rings. The van der Waals surface area contributed by atoms with Crippen molar-refractivity contribution >= 4 is 5.91 Å². The number of aromatic nitrogens is 1. The fourth-order valence-corrected chi connectivity index (χ4v) is 2.45. The van der Waals surface area contributed by atoms with Crippen LogP contribution in [0.2, 0.25) is 0 Å². The predicted molar refractivity (Wildman–Crippen MR) is 76.6 cm³/mol. The first kappa shape index (κ1) is 14.8. The lowest BCUT2D eigenvalue weighted by atomic mass is 9.95. The summed E-state index contributed by atoms with van der Waals surface area (Å²) in [5.41, 5.74) is 1.36. The highest BCUT2D eigenvalue weighted by molar-refractivity contribution is 5.84. The summed E-state index contributed by atoms with van der Waals surface area (Å²) in [6, 6.07) is 0. The molecule has 2 rings (SSSR count). The van der Waals surface area contributed by atoms with Crippen LogP contribution in [-0.4, -0.2) is 23.1 Å². The monoisotopic (exact) mass is 278 g/mol. The summed E-state index contributed by atoms with van der Waals surface area (Å²) >= 11 is 0. The number of H-pyrrole nitrogens is 1. The minimum atomic E-state index is -0.739. The van der Waals surface area contributed by atoms with Crippen LogP contribution in [0.25, 0.3) is 0 Å². The summed E-state index contributed by atoms with van der Waals surface area (Å²) in [6.07, 6.45) is 4.43. The van der Waals surface area contributed by atoms with Crippen molar-refractivity contribution in [2.45, 2.75) is 52.2 Å². The average Bonchev–Trinajstić information content (AvgIpc) is 2.44. The first-order valence-corrected chi connectivity index (χ1v) is 7.04. The van der Waals surface area contributed by atoms with Crippen LogP contribution in [0.4, 0.5) is 0 Å². The van der Waals surface area contributed by atoms with Crippen molar-refractivity contribution in [1.82, 2.24) is 10.3 Å². The summed E-state index contributed by atoms with van der Waals surface area (Å²) in [7, 11) is 0. The number of hydrogen-bond acceptors (Lipinski definition) is 3. The molecule has 0 radical (unpaired) electrons. The Bertz CT molecular complexity index is 557. The number of hydrogen-bond donors (Lipinski definition) is 2. The van der Waals surface area contributed by atoms with Crippen LogP contribution in [0.1, 0.15) is 43.0 Å². The molecule has 0 aromatic carbocycles. The number of pyridine rings is 1. The number of nitrogens with one attached hydrogen (secondary N) is 2. The third-order valence-corrected chi connectivity index (χ3v) is 3.99. The summed E-state index contributed by atoms with van der Waals surface area (Å²) in [5.74, 6) is -0.113. The van der Waals surface area contributed by atoms with E-state index in [0.29, 0.717) is 24.3 Å². The second kappa shape index (κ2) is 5.79. The molecule has 1 amide bonds. The fourth-order valence-electron chi connectivity index (χ4n) is 2.45. The van der Waals surface area contributed by atoms with E-state index in [9.17, 15) is 9.59 Å². The van der Waals surface area contributed by atoms with Crippen LogP contribution >= 0.6 is 0 Å². The van der Waals surface area contributed by atoms with Crippen molar-refractivity contribution < 1.29 is 9.53 Å². The second-order valence-electron chi connectivity index (χ2n) is 5.62. The quantitative estimate of drug-likeness (QED) is 0.881. The molecule has 2 N–H and O–H groups in total. The highest BCUT2D eigenvalue weighted by Gasteiger charge is 2.35. The van der Waals surface area contributed by atoms with Crippen LogP contribution in [0.3, 0.4) is 0 Å². The van der Waals surface area contributed by atoms with Crippen molar-refractivity contribution in [2.75, 3.05) is 6.61 Å². The Morgan fingerprint density at radius 3 is 2.85 bits per heavy atom. The smallest absolute Gasteiger partial charge is 0.252 e. The molecule has 20 heavy (non-hydrogen) atoms. The Kier molecular flexibility index (Phi) is 4.28. The van der Waals surface area contributed by atoms with Crippen LogP contribution in [0, 0.1) is 13.8 Å². The lowest BCUT2D eigenvalue weighted by molar-refractivity contribution is -0.150. The summed E-state index contributed by atoms with van der Waals surface area (Å²) in [5, 5.41) is 2.86. The van der Waals surface area contributed by atoms with Gasteiger partial charge in [0.1, 0.15) is 5.60 Å². The lowest BCUT2D eigenvalue weighted by Gasteiger charge is -2.32. The fraction of sp³-hybridized carbons (Fsp3) is 0.600. The van der Waals surface area contributed by atoms with E-state index in [1.165, 1.54) is 0 Å². The van der Waals surface area contributed by atoms with Gasteiger partial charge in [0, 0.05) is 29.6 Å². The largest absolute Gasteiger partial charge is 0.365 e. The van der Waals surface area contributed by atoms with E-state index in [4.69, 9.17) is 4.74 Å². The van der Waals surface area contributed by atoms with Crippen molar-refractivity contribution in [3.8, 4) is 0 Å². The molecule has 0 bridgehead atoms. The number of aromatic amines is 1. The summed E-state index contributed by atoms with van der Waals surface area (Å²) < 4.78 is 5.60. The molecule has 5 nitrogen and oxygen atoms in total. The predicted octanol–water partition coefficient (Wildman–Crippen LogP) is 1.57. The number of carbonyl (C=O) groups is 1. The van der Waals surface area contributed by atoms with Crippen LogP contribution in [0.5, 0.6) is 0 Å². The Labute approximate surface area is 118 Å². The van der Waals surface area contributed by atoms with Gasteiger partial charge in [0.15, 0.2) is 5.43 Å². The normalized spacial score (nSPS) is 22.6. The molecule has 1 aliphatic heterocycles. The maximum Gasteiger partial charge on any atom is 0.252 e. The van der Waals surface area contributed by atoms with E-state index in [0.717, 1.165) is 25.0 Å². The van der Waals surface area contributed by atoms with Gasteiger partial charge in [-0.25, -0.2) is 0 Å². The van der Waals surface area contributed by atoms with Gasteiger partial charge in [0.25, 0.3) is 5.91 Å². The minimum Gasteiger partial charge on any atom is -0.365 e. The number of ether oxygens (including phenoxy) is 1. The van der Waals surface area contributed by atoms with Gasteiger partial charge in [0.2, 0.25) is 0 Å². The van der Waals surface area contributed by atoms with E-state index < -0.39 is 5.60 Å². The molecular formula is C15H22N2O3. The molecule has 1 atom stereocenters. The van der Waals surface area contributed by atoms with Gasteiger partial charge in [0.05, 0.1) is 6.54 Å². The van der Waals surface area contributed by atoms with E-state index in [1.807, 2.05) is 6.92 Å². The molecule has 1 aromatic heterocycles. The zero-order valence-electron chi connectivity index (χ0n) is 12.3. The topological polar surface area (TPSA) is 71.2 Å². The van der Waals surface area contributed by atoms with E-state index in [-0.39, 0.29) is 11.3 Å². The SMILES string of the molecule is Cc1c[nH]c(CNC(=O)[C@@]2(C)CCCCO2)c(C)c1=O. The van der Waals surface area contributed by atoms with Crippen molar-refractivity contribution in [3.63, 3.8) is 0 Å². The first-order valence-electron chi connectivity index (χ1n) is 7.04. The molecular weight excluding hydrogens is 256 g/mol. The zero-order valence-corrected chi connectivity index (χ0v) is 12.3. The number of aryl methyl sites for hydroxylation is 1. The van der Waals surface area contributed by atoms with Gasteiger partial charge in [-0.1, -0.05) is 0 Å². The Morgan fingerprint density at radius 2 is 2.20 bits per heavy atom. The van der Waals surface area contributed by atoms with Crippen LogP contribution in [-0.2, 0) is 16.1 Å². The summed E-state index contributed by atoms with van der Waals surface area (Å²) in [6.45, 7) is 6.31. The third-order valence-electron chi connectivity index (χ3n) is 3.99. The Hall–Kier alpha value is -1.62. The molecule has 2 heterocycles. The van der Waals surface area contributed by atoms with Crippen LogP contribution in [0.15, 0.2) is 11.0 Å². The van der Waals surface area contributed by atoms with Crippen molar-refractivity contribution in [1.29, 1.82) is 0 Å².